The van der Waals surface area contributed by atoms with Crippen LogP contribution in [0.1, 0.15) is 17.7 Å². The summed E-state index contributed by atoms with van der Waals surface area (Å²) >= 11 is 1.54. The number of hydrogen-bond donors (Lipinski definition) is 0. The number of halogens is 2. The first-order valence-electron chi connectivity index (χ1n) is 8.38. The lowest BCUT2D eigenvalue weighted by Gasteiger charge is -2.34. The highest BCUT2D eigenvalue weighted by atomic mass is 32.1. The summed E-state index contributed by atoms with van der Waals surface area (Å²) in [6.07, 6.45) is 6.05. The minimum atomic E-state index is -2.47. The molecule has 0 radical (unpaired) electrons. The summed E-state index contributed by atoms with van der Waals surface area (Å²) in [4.78, 5) is 15.5. The van der Waals surface area contributed by atoms with E-state index in [0.29, 0.717) is 12.1 Å². The van der Waals surface area contributed by atoms with Crippen molar-refractivity contribution < 1.29 is 8.78 Å². The molecule has 1 fully saturated rings. The van der Waals surface area contributed by atoms with E-state index in [0.717, 1.165) is 31.9 Å². The van der Waals surface area contributed by atoms with E-state index in [4.69, 9.17) is 4.98 Å². The van der Waals surface area contributed by atoms with Crippen molar-refractivity contribution in [2.75, 3.05) is 0 Å². The molecule has 4 heterocycles. The molecule has 0 N–H and O–H groups in total. The SMILES string of the molecule is Cn1cc2cc(-c3cnc4cc(CC5CC(F)(F)C5)sc4n3)cnc2n1. The second-order valence-electron chi connectivity index (χ2n) is 6.93. The molecule has 1 aliphatic carbocycles. The predicted molar refractivity (Wildman–Crippen MR) is 96.3 cm³/mol. The van der Waals surface area contributed by atoms with E-state index < -0.39 is 5.92 Å². The first-order valence-corrected chi connectivity index (χ1v) is 9.20. The summed E-state index contributed by atoms with van der Waals surface area (Å²) in [5.74, 6) is -2.40. The van der Waals surface area contributed by atoms with Gasteiger partial charge in [0.2, 0.25) is 5.92 Å². The second-order valence-corrected chi connectivity index (χ2v) is 8.05. The van der Waals surface area contributed by atoms with Crippen molar-refractivity contribution in [1.29, 1.82) is 0 Å². The maximum Gasteiger partial charge on any atom is 0.248 e. The Bertz CT molecular complexity index is 1130. The zero-order chi connectivity index (χ0) is 17.9. The summed E-state index contributed by atoms with van der Waals surface area (Å²) in [6.45, 7) is 0. The molecule has 0 aromatic carbocycles. The third-order valence-electron chi connectivity index (χ3n) is 4.73. The van der Waals surface area contributed by atoms with Crippen molar-refractivity contribution in [1.82, 2.24) is 24.7 Å². The lowest BCUT2D eigenvalue weighted by atomic mass is 9.79. The highest BCUT2D eigenvalue weighted by Crippen LogP contribution is 2.44. The normalized spacial score (nSPS) is 17.0. The number of fused-ring (bicyclic) bond motifs is 2. The van der Waals surface area contributed by atoms with Crippen LogP contribution in [0.5, 0.6) is 0 Å². The van der Waals surface area contributed by atoms with Gasteiger partial charge in [0.15, 0.2) is 5.65 Å². The molecular weight excluding hydrogens is 356 g/mol. The summed E-state index contributed by atoms with van der Waals surface area (Å²) < 4.78 is 27.8. The quantitative estimate of drug-likeness (QED) is 0.541. The van der Waals surface area contributed by atoms with Gasteiger partial charge in [0.05, 0.1) is 11.9 Å². The number of aromatic nitrogens is 5. The van der Waals surface area contributed by atoms with E-state index in [1.54, 1.807) is 17.1 Å². The Morgan fingerprint density at radius 2 is 2.08 bits per heavy atom. The number of aryl methyl sites for hydroxylation is 1. The number of rotatable bonds is 3. The molecule has 132 valence electrons. The maximum absolute atomic E-state index is 13.0. The molecule has 1 saturated carbocycles. The Hall–Kier alpha value is -2.48. The molecule has 8 heteroatoms. The maximum atomic E-state index is 13.0. The van der Waals surface area contributed by atoms with Gasteiger partial charge in [-0.25, -0.2) is 18.7 Å². The molecular formula is C18H15F2N5S. The fourth-order valence-electron chi connectivity index (χ4n) is 3.49. The molecule has 1 aliphatic rings. The minimum absolute atomic E-state index is 0.00977. The van der Waals surface area contributed by atoms with E-state index in [2.05, 4.69) is 15.1 Å². The highest BCUT2D eigenvalue weighted by Gasteiger charge is 2.45. The van der Waals surface area contributed by atoms with Gasteiger partial charge in [-0.2, -0.15) is 5.10 Å². The molecule has 0 unspecified atom stereocenters. The van der Waals surface area contributed by atoms with Crippen LogP contribution in [0.15, 0.2) is 30.7 Å². The van der Waals surface area contributed by atoms with Crippen LogP contribution in [0.2, 0.25) is 0 Å². The van der Waals surface area contributed by atoms with Gasteiger partial charge in [-0.3, -0.25) is 9.67 Å². The number of alkyl halides is 2. The van der Waals surface area contributed by atoms with Gasteiger partial charge in [0, 0.05) is 48.1 Å². The van der Waals surface area contributed by atoms with Crippen molar-refractivity contribution in [3.8, 4) is 11.3 Å². The zero-order valence-corrected chi connectivity index (χ0v) is 14.8. The molecule has 0 atom stereocenters. The lowest BCUT2D eigenvalue weighted by molar-refractivity contribution is -0.109. The largest absolute Gasteiger partial charge is 0.273 e. The minimum Gasteiger partial charge on any atom is -0.273 e. The number of hydrogen-bond acceptors (Lipinski definition) is 5. The Morgan fingerprint density at radius 1 is 1.23 bits per heavy atom. The second kappa shape index (κ2) is 5.51. The molecule has 0 aliphatic heterocycles. The molecule has 0 amide bonds. The third-order valence-corrected chi connectivity index (χ3v) is 5.77. The summed E-state index contributed by atoms with van der Waals surface area (Å²) in [5, 5.41) is 5.22. The standard InChI is InChI=1S/C18H15F2N5S/c1-25-9-12-3-11(7-22-16(12)24-25)15-8-21-14-4-13(26-17(14)23-15)2-10-5-18(19,20)6-10/h3-4,7-10H,2,5-6H2,1H3. The van der Waals surface area contributed by atoms with Crippen LogP contribution in [-0.2, 0) is 13.5 Å². The Kier molecular flexibility index (Phi) is 3.34. The van der Waals surface area contributed by atoms with E-state index in [9.17, 15) is 8.78 Å². The molecule has 4 aromatic rings. The summed E-state index contributed by atoms with van der Waals surface area (Å²) in [5.41, 5.74) is 3.14. The zero-order valence-electron chi connectivity index (χ0n) is 14.0. The third kappa shape index (κ3) is 2.74. The van der Waals surface area contributed by atoms with Crippen molar-refractivity contribution in [2.24, 2.45) is 13.0 Å². The monoisotopic (exact) mass is 371 g/mol. The van der Waals surface area contributed by atoms with Gasteiger partial charge in [0.1, 0.15) is 10.3 Å². The average molecular weight is 371 g/mol. The summed E-state index contributed by atoms with van der Waals surface area (Å²) in [6, 6.07) is 3.96. The number of nitrogens with zero attached hydrogens (tertiary/aromatic N) is 5. The van der Waals surface area contributed by atoms with Crippen LogP contribution in [0.25, 0.3) is 32.6 Å². The van der Waals surface area contributed by atoms with Gasteiger partial charge in [-0.1, -0.05) is 0 Å². The van der Waals surface area contributed by atoms with Crippen LogP contribution < -0.4 is 0 Å². The summed E-state index contributed by atoms with van der Waals surface area (Å²) in [7, 11) is 1.86. The molecule has 4 aromatic heterocycles. The van der Waals surface area contributed by atoms with Crippen LogP contribution >= 0.6 is 11.3 Å². The van der Waals surface area contributed by atoms with Gasteiger partial charge in [-0.15, -0.1) is 11.3 Å². The first kappa shape index (κ1) is 15.7. The molecule has 5 rings (SSSR count). The molecule has 26 heavy (non-hydrogen) atoms. The topological polar surface area (TPSA) is 56.5 Å². The van der Waals surface area contributed by atoms with E-state index in [1.807, 2.05) is 25.4 Å². The van der Waals surface area contributed by atoms with E-state index in [-0.39, 0.29) is 18.8 Å². The van der Waals surface area contributed by atoms with Crippen LogP contribution in [-0.4, -0.2) is 30.7 Å². The fraction of sp³-hybridized carbons (Fsp3) is 0.333. The van der Waals surface area contributed by atoms with E-state index in [1.165, 1.54) is 11.3 Å². The molecule has 5 nitrogen and oxygen atoms in total. The lowest BCUT2D eigenvalue weighted by Crippen LogP contribution is -2.36. The van der Waals surface area contributed by atoms with Gasteiger partial charge in [0.25, 0.3) is 0 Å². The van der Waals surface area contributed by atoms with Crippen LogP contribution in [0, 0.1) is 5.92 Å². The molecule has 0 saturated heterocycles. The van der Waals surface area contributed by atoms with Crippen LogP contribution in [0.4, 0.5) is 8.78 Å². The van der Waals surface area contributed by atoms with Gasteiger partial charge >= 0.3 is 0 Å². The Balaban J connectivity index is 1.45. The average Bonchev–Trinajstić information content (AvgIpc) is 3.12. The van der Waals surface area contributed by atoms with Crippen molar-refractivity contribution in [2.45, 2.75) is 25.2 Å². The highest BCUT2D eigenvalue weighted by molar-refractivity contribution is 7.18. The van der Waals surface area contributed by atoms with Gasteiger partial charge in [-0.05, 0) is 24.5 Å². The molecule has 0 bridgehead atoms. The fourth-order valence-corrected chi connectivity index (χ4v) is 4.59. The molecule has 0 spiro atoms. The Morgan fingerprint density at radius 3 is 2.88 bits per heavy atom. The predicted octanol–water partition coefficient (Wildman–Crippen LogP) is 4.23. The van der Waals surface area contributed by atoms with Crippen molar-refractivity contribution in [3.63, 3.8) is 0 Å². The number of thiophene rings is 1. The van der Waals surface area contributed by atoms with E-state index >= 15 is 0 Å². The number of pyridine rings is 1. The van der Waals surface area contributed by atoms with Crippen molar-refractivity contribution in [3.05, 3.63) is 35.6 Å². The van der Waals surface area contributed by atoms with Crippen LogP contribution in [0.3, 0.4) is 0 Å². The van der Waals surface area contributed by atoms with Gasteiger partial charge < -0.3 is 0 Å². The van der Waals surface area contributed by atoms with Crippen molar-refractivity contribution >= 4 is 32.7 Å². The Labute approximate surface area is 151 Å². The smallest absolute Gasteiger partial charge is 0.248 e. The first-order chi connectivity index (χ1) is 12.4.